The van der Waals surface area contributed by atoms with E-state index in [1.54, 1.807) is 0 Å². The Morgan fingerprint density at radius 3 is 2.88 bits per heavy atom. The molecule has 2 aliphatic heterocycles. The van der Waals surface area contributed by atoms with Crippen molar-refractivity contribution in [1.82, 2.24) is 15.1 Å². The molecule has 3 rings (SSSR count). The van der Waals surface area contributed by atoms with Crippen molar-refractivity contribution in [2.75, 3.05) is 39.8 Å². The molecule has 0 bridgehead atoms. The molecule has 4 heteroatoms. The molecule has 1 aromatic carbocycles. The number of carbonyl (C=O) groups excluding carboxylic acids is 1. The maximum Gasteiger partial charge on any atom is 0.222 e. The molecule has 1 amide bonds. The Labute approximate surface area is 145 Å². The number of likely N-dealkylation sites (N-methyl/N-ethyl adjacent to an activating group) is 1. The van der Waals surface area contributed by atoms with Crippen LogP contribution in [0.25, 0.3) is 6.08 Å². The van der Waals surface area contributed by atoms with Gasteiger partial charge < -0.3 is 10.2 Å². The molecule has 1 aromatic rings. The van der Waals surface area contributed by atoms with Crippen LogP contribution >= 0.6 is 0 Å². The second-order valence-electron chi connectivity index (χ2n) is 6.92. The molecular weight excluding hydrogens is 298 g/mol. The number of benzene rings is 1. The van der Waals surface area contributed by atoms with Gasteiger partial charge in [-0.25, -0.2) is 0 Å². The summed E-state index contributed by atoms with van der Waals surface area (Å²) < 4.78 is 0. The first kappa shape index (κ1) is 17.2. The van der Waals surface area contributed by atoms with E-state index in [9.17, 15) is 4.79 Å². The van der Waals surface area contributed by atoms with Gasteiger partial charge in [0.1, 0.15) is 0 Å². The van der Waals surface area contributed by atoms with E-state index < -0.39 is 0 Å². The number of nitrogens with zero attached hydrogens (tertiary/aromatic N) is 2. The molecular formula is C20H29N3O. The van der Waals surface area contributed by atoms with Crippen molar-refractivity contribution >= 4 is 12.0 Å². The van der Waals surface area contributed by atoms with Crippen molar-refractivity contribution in [2.24, 2.45) is 5.92 Å². The Balaban J connectivity index is 1.53. The highest BCUT2D eigenvalue weighted by Crippen LogP contribution is 2.31. The Morgan fingerprint density at radius 1 is 1.25 bits per heavy atom. The zero-order valence-corrected chi connectivity index (χ0v) is 14.7. The maximum absolute atomic E-state index is 12.2. The van der Waals surface area contributed by atoms with E-state index in [1.165, 1.54) is 5.56 Å². The number of rotatable bonds is 6. The van der Waals surface area contributed by atoms with Gasteiger partial charge in [-0.3, -0.25) is 9.69 Å². The molecule has 2 saturated heterocycles. The first-order valence-electron chi connectivity index (χ1n) is 9.16. The van der Waals surface area contributed by atoms with Crippen molar-refractivity contribution < 1.29 is 4.79 Å². The Kier molecular flexibility index (Phi) is 6.05. The minimum atomic E-state index is 0.351. The molecule has 130 valence electrons. The van der Waals surface area contributed by atoms with Gasteiger partial charge in [0.05, 0.1) is 0 Å². The smallest absolute Gasteiger partial charge is 0.222 e. The number of hydrogen-bond acceptors (Lipinski definition) is 3. The van der Waals surface area contributed by atoms with E-state index in [0.29, 0.717) is 17.9 Å². The van der Waals surface area contributed by atoms with Gasteiger partial charge >= 0.3 is 0 Å². The monoisotopic (exact) mass is 327 g/mol. The van der Waals surface area contributed by atoms with E-state index in [4.69, 9.17) is 0 Å². The van der Waals surface area contributed by atoms with Crippen molar-refractivity contribution in [3.05, 3.63) is 42.0 Å². The number of piperidine rings is 2. The van der Waals surface area contributed by atoms with E-state index in [-0.39, 0.29) is 0 Å². The van der Waals surface area contributed by atoms with Crippen LogP contribution in [0.2, 0.25) is 0 Å². The predicted molar refractivity (Wildman–Crippen MR) is 98.7 cm³/mol. The highest BCUT2D eigenvalue weighted by Gasteiger charge is 2.38. The van der Waals surface area contributed by atoms with E-state index in [2.05, 4.69) is 51.5 Å². The second kappa shape index (κ2) is 8.45. The van der Waals surface area contributed by atoms with Gasteiger partial charge in [-0.05, 0) is 31.4 Å². The van der Waals surface area contributed by atoms with Crippen molar-refractivity contribution in [2.45, 2.75) is 25.3 Å². The second-order valence-corrected chi connectivity index (χ2v) is 6.92. The van der Waals surface area contributed by atoms with Crippen LogP contribution in [0.3, 0.4) is 0 Å². The van der Waals surface area contributed by atoms with E-state index in [1.807, 2.05) is 13.1 Å². The van der Waals surface area contributed by atoms with Crippen LogP contribution in [0.15, 0.2) is 36.4 Å². The SMILES string of the molecule is CNCCN1C(=O)CC[C@H]2CN(C/C=C/c3ccccc3)CC[C@H]21. The summed E-state index contributed by atoms with van der Waals surface area (Å²) in [6.45, 7) is 4.95. The molecule has 0 saturated carbocycles. The number of fused-ring (bicyclic) bond motifs is 1. The number of amides is 1. The van der Waals surface area contributed by atoms with Crippen molar-refractivity contribution in [3.8, 4) is 0 Å². The van der Waals surface area contributed by atoms with Crippen molar-refractivity contribution in [3.63, 3.8) is 0 Å². The van der Waals surface area contributed by atoms with Gasteiger partial charge in [0.25, 0.3) is 0 Å². The van der Waals surface area contributed by atoms with Crippen LogP contribution in [-0.4, -0.2) is 61.5 Å². The van der Waals surface area contributed by atoms with Crippen molar-refractivity contribution in [1.29, 1.82) is 0 Å². The zero-order valence-electron chi connectivity index (χ0n) is 14.7. The fourth-order valence-electron chi connectivity index (χ4n) is 4.02. The number of likely N-dealkylation sites (tertiary alicyclic amines) is 2. The van der Waals surface area contributed by atoms with Gasteiger partial charge in [0, 0.05) is 45.2 Å². The zero-order chi connectivity index (χ0) is 16.8. The summed E-state index contributed by atoms with van der Waals surface area (Å²) in [4.78, 5) is 16.9. The van der Waals surface area contributed by atoms with Gasteiger partial charge in [-0.2, -0.15) is 0 Å². The predicted octanol–water partition coefficient (Wildman–Crippen LogP) is 2.23. The Bertz CT molecular complexity index is 557. The average molecular weight is 327 g/mol. The molecule has 4 nitrogen and oxygen atoms in total. The van der Waals surface area contributed by atoms with Crippen LogP contribution < -0.4 is 5.32 Å². The van der Waals surface area contributed by atoms with Crippen LogP contribution in [-0.2, 0) is 4.79 Å². The van der Waals surface area contributed by atoms with Crippen LogP contribution in [0, 0.1) is 5.92 Å². The van der Waals surface area contributed by atoms with Crippen LogP contribution in [0.5, 0.6) is 0 Å². The third-order valence-corrected chi connectivity index (χ3v) is 5.30. The fraction of sp³-hybridized carbons (Fsp3) is 0.550. The molecule has 0 unspecified atom stereocenters. The maximum atomic E-state index is 12.2. The molecule has 2 atom stereocenters. The number of hydrogen-bond donors (Lipinski definition) is 1. The molecule has 0 radical (unpaired) electrons. The summed E-state index contributed by atoms with van der Waals surface area (Å²) in [7, 11) is 1.95. The summed E-state index contributed by atoms with van der Waals surface area (Å²) in [5.74, 6) is 0.988. The summed E-state index contributed by atoms with van der Waals surface area (Å²) in [6.07, 6.45) is 7.36. The molecule has 2 fully saturated rings. The third kappa shape index (κ3) is 4.25. The lowest BCUT2D eigenvalue weighted by atomic mass is 9.83. The van der Waals surface area contributed by atoms with E-state index in [0.717, 1.165) is 52.0 Å². The van der Waals surface area contributed by atoms with Gasteiger partial charge in [-0.1, -0.05) is 42.5 Å². The molecule has 0 spiro atoms. The topological polar surface area (TPSA) is 35.6 Å². The standard InChI is InChI=1S/C20H29N3O/c1-21-12-15-23-19-11-14-22(16-18(19)9-10-20(23)24)13-5-8-17-6-3-2-4-7-17/h2-8,18-19,21H,9-16H2,1H3/b8-5+/t18-,19+/m0/s1. The quantitative estimate of drug-likeness (QED) is 0.870. The lowest BCUT2D eigenvalue weighted by molar-refractivity contribution is -0.140. The molecule has 0 aliphatic carbocycles. The first-order valence-corrected chi connectivity index (χ1v) is 9.16. The highest BCUT2D eigenvalue weighted by molar-refractivity contribution is 5.77. The number of nitrogens with one attached hydrogen (secondary N) is 1. The van der Waals surface area contributed by atoms with Gasteiger partial charge in [-0.15, -0.1) is 0 Å². The summed E-state index contributed by atoms with van der Waals surface area (Å²) in [6, 6.07) is 10.9. The Hall–Kier alpha value is -1.65. The lowest BCUT2D eigenvalue weighted by Gasteiger charge is -2.47. The molecule has 2 aliphatic rings. The molecule has 2 heterocycles. The van der Waals surface area contributed by atoms with Gasteiger partial charge in [0.15, 0.2) is 0 Å². The van der Waals surface area contributed by atoms with Crippen LogP contribution in [0.1, 0.15) is 24.8 Å². The average Bonchev–Trinajstić information content (AvgIpc) is 2.62. The fourth-order valence-corrected chi connectivity index (χ4v) is 4.02. The molecule has 24 heavy (non-hydrogen) atoms. The van der Waals surface area contributed by atoms with Gasteiger partial charge in [0.2, 0.25) is 5.91 Å². The summed E-state index contributed by atoms with van der Waals surface area (Å²) in [5, 5.41) is 3.17. The Morgan fingerprint density at radius 2 is 2.08 bits per heavy atom. The summed E-state index contributed by atoms with van der Waals surface area (Å²) in [5.41, 5.74) is 1.26. The first-order chi connectivity index (χ1) is 11.8. The normalized spacial score (nSPS) is 25.2. The molecule has 1 N–H and O–H groups in total. The highest BCUT2D eigenvalue weighted by atomic mass is 16.2. The largest absolute Gasteiger partial charge is 0.338 e. The minimum Gasteiger partial charge on any atom is -0.338 e. The molecule has 0 aromatic heterocycles. The lowest BCUT2D eigenvalue weighted by Crippen LogP contribution is -2.57. The number of carbonyl (C=O) groups is 1. The van der Waals surface area contributed by atoms with E-state index >= 15 is 0 Å². The van der Waals surface area contributed by atoms with Crippen LogP contribution in [0.4, 0.5) is 0 Å². The third-order valence-electron chi connectivity index (χ3n) is 5.30. The minimum absolute atomic E-state index is 0.351. The summed E-state index contributed by atoms with van der Waals surface area (Å²) >= 11 is 0.